The predicted octanol–water partition coefficient (Wildman–Crippen LogP) is 2.28. The topological polar surface area (TPSA) is 25.2 Å². The van der Waals surface area contributed by atoms with Gasteiger partial charge in [-0.25, -0.2) is 0 Å². The number of hydrogen-bond donors (Lipinski definition) is 0. The molecule has 3 heteroatoms. The number of aryl methyl sites for hydroxylation is 1. The fraction of sp³-hybridized carbons (Fsp3) is 0.615. The van der Waals surface area contributed by atoms with Gasteiger partial charge in [-0.05, 0) is 45.7 Å². The Balaban J connectivity index is 2.80. The van der Waals surface area contributed by atoms with Gasteiger partial charge in [-0.2, -0.15) is 0 Å². The molecule has 0 aliphatic heterocycles. The highest BCUT2D eigenvalue weighted by atomic mass is 16.2. The van der Waals surface area contributed by atoms with Crippen molar-refractivity contribution in [2.24, 2.45) is 0 Å². The number of aromatic nitrogens is 1. The van der Waals surface area contributed by atoms with E-state index in [1.54, 1.807) is 0 Å². The van der Waals surface area contributed by atoms with Crippen LogP contribution in [0.3, 0.4) is 0 Å². The molecule has 0 radical (unpaired) electrons. The molecule has 3 nitrogen and oxygen atoms in total. The molecule has 1 aromatic rings. The molecular weight excluding hydrogens is 200 g/mol. The van der Waals surface area contributed by atoms with Crippen LogP contribution in [0, 0.1) is 20.8 Å². The third-order valence-electron chi connectivity index (χ3n) is 3.34. The number of rotatable bonds is 4. The third-order valence-corrected chi connectivity index (χ3v) is 3.34. The largest absolute Gasteiger partial charge is 0.342 e. The van der Waals surface area contributed by atoms with Crippen LogP contribution in [0.15, 0.2) is 6.20 Å². The van der Waals surface area contributed by atoms with Crippen molar-refractivity contribution in [1.29, 1.82) is 0 Å². The van der Waals surface area contributed by atoms with Crippen molar-refractivity contribution in [2.75, 3.05) is 13.1 Å². The van der Waals surface area contributed by atoms with Gasteiger partial charge < -0.3 is 9.47 Å². The van der Waals surface area contributed by atoms with Gasteiger partial charge in [0.2, 0.25) is 5.91 Å². The molecule has 1 aromatic heterocycles. The second kappa shape index (κ2) is 5.19. The second-order valence-electron chi connectivity index (χ2n) is 4.22. The molecule has 0 spiro atoms. The SMILES string of the molecule is CCN(CC)C(=O)Cn1cc(C)c(C)c1C. The molecule has 0 unspecified atom stereocenters. The summed E-state index contributed by atoms with van der Waals surface area (Å²) in [5, 5.41) is 0. The molecule has 0 aromatic carbocycles. The molecule has 0 saturated carbocycles. The number of likely N-dealkylation sites (N-methyl/N-ethyl adjacent to an activating group) is 1. The molecule has 90 valence electrons. The lowest BCUT2D eigenvalue weighted by atomic mass is 10.2. The average molecular weight is 222 g/mol. The summed E-state index contributed by atoms with van der Waals surface area (Å²) in [6, 6.07) is 0. The molecule has 0 fully saturated rings. The minimum Gasteiger partial charge on any atom is -0.342 e. The summed E-state index contributed by atoms with van der Waals surface area (Å²) in [6.45, 7) is 12.3. The summed E-state index contributed by atoms with van der Waals surface area (Å²) in [7, 11) is 0. The van der Waals surface area contributed by atoms with Gasteiger partial charge in [0.25, 0.3) is 0 Å². The highest BCUT2D eigenvalue weighted by molar-refractivity contribution is 5.76. The summed E-state index contributed by atoms with van der Waals surface area (Å²) in [4.78, 5) is 13.8. The number of nitrogens with zero attached hydrogens (tertiary/aromatic N) is 2. The molecule has 0 saturated heterocycles. The first kappa shape index (κ1) is 12.8. The van der Waals surface area contributed by atoms with Crippen LogP contribution in [-0.2, 0) is 11.3 Å². The van der Waals surface area contributed by atoms with Gasteiger partial charge in [-0.15, -0.1) is 0 Å². The fourth-order valence-corrected chi connectivity index (χ4v) is 1.91. The summed E-state index contributed by atoms with van der Waals surface area (Å²) >= 11 is 0. The zero-order valence-electron chi connectivity index (χ0n) is 11.0. The van der Waals surface area contributed by atoms with Crippen molar-refractivity contribution in [1.82, 2.24) is 9.47 Å². The summed E-state index contributed by atoms with van der Waals surface area (Å²) in [5.41, 5.74) is 3.73. The Morgan fingerprint density at radius 1 is 1.25 bits per heavy atom. The van der Waals surface area contributed by atoms with E-state index in [4.69, 9.17) is 0 Å². The number of amides is 1. The van der Waals surface area contributed by atoms with E-state index >= 15 is 0 Å². The molecule has 0 aliphatic carbocycles. The summed E-state index contributed by atoms with van der Waals surface area (Å²) in [6.07, 6.45) is 2.06. The van der Waals surface area contributed by atoms with Crippen LogP contribution in [0.5, 0.6) is 0 Å². The standard InChI is InChI=1S/C13H22N2O/c1-6-14(7-2)13(16)9-15-8-10(3)11(4)12(15)5/h8H,6-7,9H2,1-5H3. The Morgan fingerprint density at radius 3 is 2.19 bits per heavy atom. The first-order chi connectivity index (χ1) is 7.51. The Hall–Kier alpha value is -1.25. The van der Waals surface area contributed by atoms with Crippen molar-refractivity contribution >= 4 is 5.91 Å². The smallest absolute Gasteiger partial charge is 0.242 e. The van der Waals surface area contributed by atoms with Crippen molar-refractivity contribution in [3.8, 4) is 0 Å². The van der Waals surface area contributed by atoms with Crippen LogP contribution in [0.1, 0.15) is 30.7 Å². The van der Waals surface area contributed by atoms with Crippen LogP contribution in [-0.4, -0.2) is 28.5 Å². The van der Waals surface area contributed by atoms with E-state index in [2.05, 4.69) is 27.0 Å². The maximum atomic E-state index is 12.0. The Kier molecular flexibility index (Phi) is 4.16. The van der Waals surface area contributed by atoms with Crippen LogP contribution in [0.4, 0.5) is 0 Å². The number of hydrogen-bond acceptors (Lipinski definition) is 1. The molecule has 1 heterocycles. The van der Waals surface area contributed by atoms with Crippen LogP contribution in [0.2, 0.25) is 0 Å². The van der Waals surface area contributed by atoms with Gasteiger partial charge in [0.15, 0.2) is 0 Å². The van der Waals surface area contributed by atoms with E-state index in [1.165, 1.54) is 16.8 Å². The second-order valence-corrected chi connectivity index (χ2v) is 4.22. The van der Waals surface area contributed by atoms with Crippen LogP contribution in [0.25, 0.3) is 0 Å². The van der Waals surface area contributed by atoms with E-state index < -0.39 is 0 Å². The average Bonchev–Trinajstić information content (AvgIpc) is 2.48. The lowest BCUT2D eigenvalue weighted by molar-refractivity contribution is -0.131. The lowest BCUT2D eigenvalue weighted by Crippen LogP contribution is -2.33. The minimum absolute atomic E-state index is 0.197. The minimum atomic E-state index is 0.197. The quantitative estimate of drug-likeness (QED) is 0.767. The molecule has 1 rings (SSSR count). The van der Waals surface area contributed by atoms with E-state index in [0.29, 0.717) is 6.54 Å². The summed E-state index contributed by atoms with van der Waals surface area (Å²) in [5.74, 6) is 0.197. The Morgan fingerprint density at radius 2 is 1.81 bits per heavy atom. The van der Waals surface area contributed by atoms with Gasteiger partial charge in [0, 0.05) is 25.0 Å². The van der Waals surface area contributed by atoms with Gasteiger partial charge in [0.1, 0.15) is 6.54 Å². The van der Waals surface area contributed by atoms with Gasteiger partial charge in [-0.1, -0.05) is 0 Å². The normalized spacial score (nSPS) is 10.6. The summed E-state index contributed by atoms with van der Waals surface area (Å²) < 4.78 is 2.05. The molecular formula is C13H22N2O. The van der Waals surface area contributed by atoms with Gasteiger partial charge in [0.05, 0.1) is 0 Å². The Bertz CT molecular complexity index is 376. The molecule has 16 heavy (non-hydrogen) atoms. The predicted molar refractivity (Wildman–Crippen MR) is 66.6 cm³/mol. The van der Waals surface area contributed by atoms with E-state index in [1.807, 2.05) is 23.3 Å². The van der Waals surface area contributed by atoms with Crippen molar-refractivity contribution < 1.29 is 4.79 Å². The van der Waals surface area contributed by atoms with Crippen LogP contribution >= 0.6 is 0 Å². The highest BCUT2D eigenvalue weighted by Gasteiger charge is 2.12. The molecule has 1 amide bonds. The maximum absolute atomic E-state index is 12.0. The van der Waals surface area contributed by atoms with E-state index in [9.17, 15) is 4.79 Å². The lowest BCUT2D eigenvalue weighted by Gasteiger charge is -2.19. The molecule has 0 atom stereocenters. The van der Waals surface area contributed by atoms with Crippen LogP contribution < -0.4 is 0 Å². The highest BCUT2D eigenvalue weighted by Crippen LogP contribution is 2.14. The van der Waals surface area contributed by atoms with Gasteiger partial charge >= 0.3 is 0 Å². The third kappa shape index (κ3) is 2.46. The Labute approximate surface area is 98.1 Å². The fourth-order valence-electron chi connectivity index (χ4n) is 1.91. The maximum Gasteiger partial charge on any atom is 0.242 e. The zero-order chi connectivity index (χ0) is 12.3. The van der Waals surface area contributed by atoms with E-state index in [0.717, 1.165) is 13.1 Å². The van der Waals surface area contributed by atoms with Crippen molar-refractivity contribution in [3.05, 3.63) is 23.0 Å². The molecule has 0 bridgehead atoms. The van der Waals surface area contributed by atoms with E-state index in [-0.39, 0.29) is 5.91 Å². The first-order valence-corrected chi connectivity index (χ1v) is 5.91. The van der Waals surface area contributed by atoms with Gasteiger partial charge in [-0.3, -0.25) is 4.79 Å². The van der Waals surface area contributed by atoms with Crippen molar-refractivity contribution in [2.45, 2.75) is 41.2 Å². The first-order valence-electron chi connectivity index (χ1n) is 5.91. The zero-order valence-corrected chi connectivity index (χ0v) is 11.0. The van der Waals surface area contributed by atoms with Crippen molar-refractivity contribution in [3.63, 3.8) is 0 Å². The number of carbonyl (C=O) groups is 1. The number of carbonyl (C=O) groups excluding carboxylic acids is 1. The molecule has 0 N–H and O–H groups in total. The monoisotopic (exact) mass is 222 g/mol. The molecule has 0 aliphatic rings.